The minimum absolute atomic E-state index is 0.226. The Kier molecular flexibility index (Phi) is 10.2. The zero-order valence-electron chi connectivity index (χ0n) is 14.1. The van der Waals surface area contributed by atoms with Crippen molar-refractivity contribution >= 4 is 5.95 Å². The third-order valence-electron chi connectivity index (χ3n) is 3.07. The molecule has 0 aliphatic heterocycles. The lowest BCUT2D eigenvalue weighted by Gasteiger charge is -2.09. The van der Waals surface area contributed by atoms with Crippen LogP contribution in [-0.2, 0) is 0 Å². The molecule has 0 saturated heterocycles. The number of rotatable bonds is 14. The third kappa shape index (κ3) is 8.80. The first-order valence-electron chi connectivity index (χ1n) is 8.27. The van der Waals surface area contributed by atoms with Crippen LogP contribution in [0.2, 0.25) is 0 Å². The minimum atomic E-state index is 0.226. The molecule has 0 aromatic carbocycles. The number of aromatic nitrogens is 3. The van der Waals surface area contributed by atoms with E-state index in [2.05, 4.69) is 40.4 Å². The second kappa shape index (κ2) is 12.4. The van der Waals surface area contributed by atoms with E-state index < -0.39 is 0 Å². The average molecular weight is 320 g/mol. The van der Waals surface area contributed by atoms with Crippen LogP contribution in [0.5, 0.6) is 12.0 Å². The van der Waals surface area contributed by atoms with Crippen LogP contribution in [0, 0.1) is 0 Å². The molecule has 0 bridgehead atoms. The fourth-order valence-corrected chi connectivity index (χ4v) is 1.92. The van der Waals surface area contributed by atoms with Gasteiger partial charge in [0.1, 0.15) is 13.2 Å². The van der Waals surface area contributed by atoms with E-state index in [9.17, 15) is 0 Å². The molecule has 1 heterocycles. The molecule has 0 radical (unpaired) electrons. The number of anilines is 1. The number of hydrogen-bond donors (Lipinski definition) is 1. The van der Waals surface area contributed by atoms with Crippen molar-refractivity contribution in [2.24, 2.45) is 0 Å². The predicted molar refractivity (Wildman–Crippen MR) is 93.1 cm³/mol. The Labute approximate surface area is 139 Å². The molecule has 128 valence electrons. The summed E-state index contributed by atoms with van der Waals surface area (Å²) in [6, 6.07) is 0.453. The van der Waals surface area contributed by atoms with Crippen LogP contribution >= 0.6 is 0 Å². The van der Waals surface area contributed by atoms with Gasteiger partial charge in [-0.2, -0.15) is 9.97 Å². The Morgan fingerprint density at radius 1 is 0.870 bits per heavy atom. The van der Waals surface area contributed by atoms with Gasteiger partial charge in [0.05, 0.1) is 0 Å². The maximum Gasteiger partial charge on any atom is 0.324 e. The summed E-state index contributed by atoms with van der Waals surface area (Å²) in [5, 5.41) is 3.20. The lowest BCUT2D eigenvalue weighted by molar-refractivity contribution is 0.299. The van der Waals surface area contributed by atoms with Crippen molar-refractivity contribution in [3.05, 3.63) is 25.3 Å². The standard InChI is InChI=1S/C17H28N4O2/c1-4-7-8-9-10-11-12-18-15-19-16(22-13-5-2)21-17(20-15)23-14-6-3/h5-6H,2-4,7-14H2,1H3,(H,18,19,20,21). The van der Waals surface area contributed by atoms with E-state index in [0.717, 1.165) is 13.0 Å². The van der Waals surface area contributed by atoms with Crippen molar-refractivity contribution in [1.29, 1.82) is 0 Å². The van der Waals surface area contributed by atoms with Gasteiger partial charge in [-0.25, -0.2) is 0 Å². The second-order valence-electron chi connectivity index (χ2n) is 5.12. The Morgan fingerprint density at radius 2 is 1.43 bits per heavy atom. The van der Waals surface area contributed by atoms with Crippen molar-refractivity contribution in [3.63, 3.8) is 0 Å². The monoisotopic (exact) mass is 320 g/mol. The fourth-order valence-electron chi connectivity index (χ4n) is 1.92. The van der Waals surface area contributed by atoms with Crippen LogP contribution in [0.3, 0.4) is 0 Å². The van der Waals surface area contributed by atoms with Crippen molar-refractivity contribution < 1.29 is 9.47 Å². The average Bonchev–Trinajstić information content (AvgIpc) is 2.57. The predicted octanol–water partition coefficient (Wildman–Crippen LogP) is 3.77. The van der Waals surface area contributed by atoms with Gasteiger partial charge < -0.3 is 14.8 Å². The van der Waals surface area contributed by atoms with Crippen molar-refractivity contribution in [3.8, 4) is 12.0 Å². The van der Waals surface area contributed by atoms with Crippen LogP contribution in [0.4, 0.5) is 5.95 Å². The van der Waals surface area contributed by atoms with Gasteiger partial charge in [-0.1, -0.05) is 64.3 Å². The summed E-state index contributed by atoms with van der Waals surface area (Å²) in [5.41, 5.74) is 0. The molecule has 23 heavy (non-hydrogen) atoms. The van der Waals surface area contributed by atoms with E-state index in [4.69, 9.17) is 9.47 Å². The van der Waals surface area contributed by atoms with Crippen molar-refractivity contribution in [1.82, 2.24) is 15.0 Å². The molecule has 1 aromatic heterocycles. The Hall–Kier alpha value is -2.11. The normalized spacial score (nSPS) is 10.1. The summed E-state index contributed by atoms with van der Waals surface area (Å²) >= 11 is 0. The molecule has 0 atom stereocenters. The molecule has 0 aliphatic rings. The van der Waals surface area contributed by atoms with Gasteiger partial charge in [-0.05, 0) is 6.42 Å². The van der Waals surface area contributed by atoms with E-state index in [1.165, 1.54) is 32.1 Å². The highest BCUT2D eigenvalue weighted by Gasteiger charge is 2.08. The number of hydrogen-bond acceptors (Lipinski definition) is 6. The summed E-state index contributed by atoms with van der Waals surface area (Å²) in [6.07, 6.45) is 10.7. The van der Waals surface area contributed by atoms with Gasteiger partial charge >= 0.3 is 12.0 Å². The zero-order chi connectivity index (χ0) is 16.8. The summed E-state index contributed by atoms with van der Waals surface area (Å²) in [7, 11) is 0. The van der Waals surface area contributed by atoms with Crippen LogP contribution in [-0.4, -0.2) is 34.7 Å². The highest BCUT2D eigenvalue weighted by atomic mass is 16.5. The van der Waals surface area contributed by atoms with Gasteiger partial charge in [-0.15, -0.1) is 4.98 Å². The summed E-state index contributed by atoms with van der Waals surface area (Å²) in [5.74, 6) is 0.465. The Bertz CT molecular complexity index is 436. The molecule has 1 aromatic rings. The van der Waals surface area contributed by atoms with Gasteiger partial charge in [0, 0.05) is 6.54 Å². The molecule has 1 rings (SSSR count). The van der Waals surface area contributed by atoms with E-state index in [1.807, 2.05) is 0 Å². The molecule has 1 N–H and O–H groups in total. The quantitative estimate of drug-likeness (QED) is 0.415. The van der Waals surface area contributed by atoms with Crippen LogP contribution in [0.1, 0.15) is 45.4 Å². The molecular formula is C17H28N4O2. The zero-order valence-corrected chi connectivity index (χ0v) is 14.1. The summed E-state index contributed by atoms with van der Waals surface area (Å²) < 4.78 is 10.7. The fraction of sp³-hybridized carbons (Fsp3) is 0.588. The lowest BCUT2D eigenvalue weighted by Crippen LogP contribution is -2.10. The molecule has 6 heteroatoms. The first kappa shape index (κ1) is 18.9. The van der Waals surface area contributed by atoms with Gasteiger partial charge in [0.15, 0.2) is 0 Å². The first-order chi connectivity index (χ1) is 11.3. The van der Waals surface area contributed by atoms with Crippen LogP contribution in [0.15, 0.2) is 25.3 Å². The molecule has 0 saturated carbocycles. The Balaban J connectivity index is 2.47. The maximum atomic E-state index is 5.36. The summed E-state index contributed by atoms with van der Waals surface area (Å²) in [6.45, 7) is 10.9. The van der Waals surface area contributed by atoms with E-state index in [-0.39, 0.29) is 12.0 Å². The number of nitrogens with zero attached hydrogens (tertiary/aromatic N) is 3. The molecule has 6 nitrogen and oxygen atoms in total. The maximum absolute atomic E-state index is 5.36. The van der Waals surface area contributed by atoms with Gasteiger partial charge in [0.2, 0.25) is 5.95 Å². The first-order valence-corrected chi connectivity index (χ1v) is 8.27. The SMILES string of the molecule is C=CCOc1nc(NCCCCCCCC)nc(OCC=C)n1. The topological polar surface area (TPSA) is 69.2 Å². The number of unbranched alkanes of at least 4 members (excludes halogenated alkanes) is 5. The second-order valence-corrected chi connectivity index (χ2v) is 5.12. The highest BCUT2D eigenvalue weighted by Crippen LogP contribution is 2.13. The van der Waals surface area contributed by atoms with Gasteiger partial charge in [0.25, 0.3) is 0 Å². The van der Waals surface area contributed by atoms with Crippen LogP contribution < -0.4 is 14.8 Å². The molecule has 0 aliphatic carbocycles. The molecule has 0 fully saturated rings. The van der Waals surface area contributed by atoms with Crippen molar-refractivity contribution in [2.45, 2.75) is 45.4 Å². The molecule has 0 spiro atoms. The van der Waals surface area contributed by atoms with E-state index >= 15 is 0 Å². The highest BCUT2D eigenvalue weighted by molar-refractivity contribution is 5.27. The molecular weight excluding hydrogens is 292 g/mol. The molecule has 0 unspecified atom stereocenters. The van der Waals surface area contributed by atoms with E-state index in [1.54, 1.807) is 12.2 Å². The third-order valence-corrected chi connectivity index (χ3v) is 3.07. The Morgan fingerprint density at radius 3 is 2.00 bits per heavy atom. The van der Waals surface area contributed by atoms with Crippen molar-refractivity contribution in [2.75, 3.05) is 25.1 Å². The number of ether oxygens (including phenoxy) is 2. The molecule has 0 amide bonds. The minimum Gasteiger partial charge on any atom is -0.459 e. The number of nitrogens with one attached hydrogen (secondary N) is 1. The van der Waals surface area contributed by atoms with Crippen LogP contribution in [0.25, 0.3) is 0 Å². The van der Waals surface area contributed by atoms with Gasteiger partial charge in [-0.3, -0.25) is 0 Å². The summed E-state index contributed by atoms with van der Waals surface area (Å²) in [4.78, 5) is 12.5. The van der Waals surface area contributed by atoms with E-state index in [0.29, 0.717) is 19.2 Å². The lowest BCUT2D eigenvalue weighted by atomic mass is 10.1. The largest absolute Gasteiger partial charge is 0.459 e. The smallest absolute Gasteiger partial charge is 0.324 e.